The van der Waals surface area contributed by atoms with Crippen LogP contribution in [0.1, 0.15) is 23.6 Å². The van der Waals surface area contributed by atoms with E-state index >= 15 is 0 Å². The number of fused-ring (bicyclic) bond motifs is 1. The van der Waals surface area contributed by atoms with E-state index in [1.165, 1.54) is 11.1 Å². The summed E-state index contributed by atoms with van der Waals surface area (Å²) in [7, 11) is 0. The molecule has 0 radical (unpaired) electrons. The van der Waals surface area contributed by atoms with Gasteiger partial charge in [0.25, 0.3) is 0 Å². The van der Waals surface area contributed by atoms with Gasteiger partial charge in [-0.25, -0.2) is 0 Å². The normalized spacial score (nSPS) is 16.3. The molecule has 0 saturated carbocycles. The van der Waals surface area contributed by atoms with Crippen LogP contribution < -0.4 is 4.74 Å². The van der Waals surface area contributed by atoms with Crippen LogP contribution in [0.15, 0.2) is 97.2 Å². The minimum Gasteiger partial charge on any atom is -0.490 e. The Labute approximate surface area is 207 Å². The molecular formula is C30H33N3O2. The van der Waals surface area contributed by atoms with Gasteiger partial charge in [0.1, 0.15) is 18.5 Å². The summed E-state index contributed by atoms with van der Waals surface area (Å²) in [5.74, 6) is 0.769. The summed E-state index contributed by atoms with van der Waals surface area (Å²) in [6.45, 7) is 4.76. The first-order valence-electron chi connectivity index (χ1n) is 12.5. The molecule has 0 amide bonds. The average molecular weight is 468 g/mol. The Hall–Kier alpha value is -3.25. The monoisotopic (exact) mass is 467 g/mol. The van der Waals surface area contributed by atoms with E-state index in [0.29, 0.717) is 6.54 Å². The van der Waals surface area contributed by atoms with Gasteiger partial charge in [0.2, 0.25) is 0 Å². The van der Waals surface area contributed by atoms with Gasteiger partial charge < -0.3 is 9.84 Å². The molecule has 35 heavy (non-hydrogen) atoms. The summed E-state index contributed by atoms with van der Waals surface area (Å²) in [5.41, 5.74) is 3.55. The largest absolute Gasteiger partial charge is 0.490 e. The van der Waals surface area contributed by atoms with Crippen molar-refractivity contribution in [2.75, 3.05) is 39.3 Å². The second-order valence-electron chi connectivity index (χ2n) is 9.21. The van der Waals surface area contributed by atoms with Gasteiger partial charge in [0, 0.05) is 37.8 Å². The van der Waals surface area contributed by atoms with Crippen molar-refractivity contribution in [2.24, 2.45) is 0 Å². The molecule has 5 nitrogen and oxygen atoms in total. The van der Waals surface area contributed by atoms with Crippen LogP contribution in [-0.4, -0.2) is 65.3 Å². The minimum absolute atomic E-state index is 0.241. The fourth-order valence-electron chi connectivity index (χ4n) is 5.05. The predicted molar refractivity (Wildman–Crippen MR) is 141 cm³/mol. The first kappa shape index (κ1) is 23.5. The summed E-state index contributed by atoms with van der Waals surface area (Å²) in [4.78, 5) is 9.33. The molecule has 5 heteroatoms. The standard InChI is InChI=1S/C30H33N3O2/c34-26(23-35-29-16-7-15-28-27(29)14-8-17-31-28)22-32-18-9-19-33(21-20-32)30(24-10-3-1-4-11-24)25-12-5-2-6-13-25/h1-8,10-17,26,30,34H,9,18-23H2. The molecular weight excluding hydrogens is 434 g/mol. The Morgan fingerprint density at radius 1 is 0.771 bits per heavy atom. The highest BCUT2D eigenvalue weighted by molar-refractivity contribution is 5.84. The van der Waals surface area contributed by atoms with E-state index < -0.39 is 6.10 Å². The van der Waals surface area contributed by atoms with Crippen LogP contribution in [0.25, 0.3) is 10.9 Å². The minimum atomic E-state index is -0.549. The average Bonchev–Trinajstić information content (AvgIpc) is 3.14. The van der Waals surface area contributed by atoms with E-state index in [1.807, 2.05) is 30.3 Å². The molecule has 4 aromatic rings. The summed E-state index contributed by atoms with van der Waals surface area (Å²) in [5, 5.41) is 11.7. The van der Waals surface area contributed by atoms with E-state index in [1.54, 1.807) is 6.20 Å². The van der Waals surface area contributed by atoms with Crippen molar-refractivity contribution in [1.29, 1.82) is 0 Å². The summed E-state index contributed by atoms with van der Waals surface area (Å²) >= 11 is 0. The molecule has 0 aliphatic carbocycles. The lowest BCUT2D eigenvalue weighted by Crippen LogP contribution is -2.38. The third-order valence-corrected chi connectivity index (χ3v) is 6.72. The molecule has 5 rings (SSSR count). The van der Waals surface area contributed by atoms with Crippen molar-refractivity contribution in [1.82, 2.24) is 14.8 Å². The molecule has 1 atom stereocenters. The number of pyridine rings is 1. The Morgan fingerprint density at radius 2 is 1.51 bits per heavy atom. The van der Waals surface area contributed by atoms with Crippen molar-refractivity contribution in [3.8, 4) is 5.75 Å². The Morgan fingerprint density at radius 3 is 2.26 bits per heavy atom. The van der Waals surface area contributed by atoms with Crippen LogP contribution in [-0.2, 0) is 0 Å². The van der Waals surface area contributed by atoms with E-state index in [0.717, 1.165) is 49.3 Å². The van der Waals surface area contributed by atoms with E-state index in [-0.39, 0.29) is 12.6 Å². The number of hydrogen-bond acceptors (Lipinski definition) is 5. The lowest BCUT2D eigenvalue weighted by Gasteiger charge is -2.32. The van der Waals surface area contributed by atoms with Gasteiger partial charge in [0.15, 0.2) is 0 Å². The molecule has 0 spiro atoms. The van der Waals surface area contributed by atoms with Crippen molar-refractivity contribution in [3.05, 3.63) is 108 Å². The third-order valence-electron chi connectivity index (χ3n) is 6.72. The van der Waals surface area contributed by atoms with Crippen LogP contribution in [0.4, 0.5) is 0 Å². The predicted octanol–water partition coefficient (Wildman–Crippen LogP) is 4.77. The SMILES string of the molecule is OC(COc1cccc2ncccc12)CN1CCCN(C(c2ccccc2)c2ccccc2)CC1. The zero-order chi connectivity index (χ0) is 23.9. The van der Waals surface area contributed by atoms with Gasteiger partial charge in [-0.2, -0.15) is 0 Å². The lowest BCUT2D eigenvalue weighted by molar-refractivity contribution is 0.0695. The number of benzene rings is 3. The van der Waals surface area contributed by atoms with E-state index in [4.69, 9.17) is 4.74 Å². The van der Waals surface area contributed by atoms with Gasteiger partial charge in [0.05, 0.1) is 11.6 Å². The van der Waals surface area contributed by atoms with Gasteiger partial charge >= 0.3 is 0 Å². The highest BCUT2D eigenvalue weighted by Gasteiger charge is 2.25. The number of aliphatic hydroxyl groups excluding tert-OH is 1. The molecule has 1 saturated heterocycles. The van der Waals surface area contributed by atoms with Crippen molar-refractivity contribution in [3.63, 3.8) is 0 Å². The number of hydrogen-bond donors (Lipinski definition) is 1. The Kier molecular flexibility index (Phi) is 7.69. The number of nitrogens with zero attached hydrogens (tertiary/aromatic N) is 3. The maximum Gasteiger partial charge on any atom is 0.128 e. The molecule has 180 valence electrons. The van der Waals surface area contributed by atoms with Gasteiger partial charge in [-0.1, -0.05) is 66.7 Å². The highest BCUT2D eigenvalue weighted by atomic mass is 16.5. The molecule has 1 aromatic heterocycles. The maximum absolute atomic E-state index is 10.8. The van der Waals surface area contributed by atoms with Crippen LogP contribution in [0.5, 0.6) is 5.75 Å². The van der Waals surface area contributed by atoms with Crippen LogP contribution >= 0.6 is 0 Å². The molecule has 3 aromatic carbocycles. The quantitative estimate of drug-likeness (QED) is 0.404. The number of aromatic nitrogens is 1. The van der Waals surface area contributed by atoms with Gasteiger partial charge in [-0.3, -0.25) is 14.8 Å². The van der Waals surface area contributed by atoms with Crippen molar-refractivity contribution in [2.45, 2.75) is 18.6 Å². The van der Waals surface area contributed by atoms with Crippen LogP contribution in [0.2, 0.25) is 0 Å². The molecule has 1 aliphatic heterocycles. The fraction of sp³-hybridized carbons (Fsp3) is 0.300. The van der Waals surface area contributed by atoms with Gasteiger partial charge in [-0.05, 0) is 48.4 Å². The summed E-state index contributed by atoms with van der Waals surface area (Å²) in [6.07, 6.45) is 2.30. The highest BCUT2D eigenvalue weighted by Crippen LogP contribution is 2.29. The fourth-order valence-corrected chi connectivity index (χ4v) is 5.05. The third kappa shape index (κ3) is 5.88. The smallest absolute Gasteiger partial charge is 0.128 e. The Bertz CT molecular complexity index is 1160. The zero-order valence-electron chi connectivity index (χ0n) is 20.0. The van der Waals surface area contributed by atoms with Crippen molar-refractivity contribution >= 4 is 10.9 Å². The van der Waals surface area contributed by atoms with Gasteiger partial charge in [-0.15, -0.1) is 0 Å². The first-order valence-corrected chi connectivity index (χ1v) is 12.5. The lowest BCUT2D eigenvalue weighted by atomic mass is 9.97. The maximum atomic E-state index is 10.8. The van der Waals surface area contributed by atoms with Crippen LogP contribution in [0.3, 0.4) is 0 Å². The van der Waals surface area contributed by atoms with E-state index in [2.05, 4.69) is 75.4 Å². The second kappa shape index (κ2) is 11.5. The van der Waals surface area contributed by atoms with E-state index in [9.17, 15) is 5.11 Å². The number of β-amino-alcohol motifs (C(OH)–C–C–N with tert-alkyl or cyclic N) is 1. The number of ether oxygens (including phenoxy) is 1. The summed E-state index contributed by atoms with van der Waals surface area (Å²) < 4.78 is 6.00. The zero-order valence-corrected chi connectivity index (χ0v) is 20.0. The molecule has 1 aliphatic rings. The number of aliphatic hydroxyl groups is 1. The Balaban J connectivity index is 1.20. The molecule has 2 heterocycles. The number of rotatable bonds is 8. The summed E-state index contributed by atoms with van der Waals surface area (Å²) in [6, 6.07) is 31.6. The molecule has 1 unspecified atom stereocenters. The molecule has 1 N–H and O–H groups in total. The van der Waals surface area contributed by atoms with Crippen LogP contribution in [0, 0.1) is 0 Å². The first-order chi connectivity index (χ1) is 17.3. The molecule has 1 fully saturated rings. The van der Waals surface area contributed by atoms with Crippen molar-refractivity contribution < 1.29 is 9.84 Å². The second-order valence-corrected chi connectivity index (χ2v) is 9.21. The molecule has 0 bridgehead atoms. The topological polar surface area (TPSA) is 48.8 Å².